The molecule has 0 aliphatic heterocycles. The molecule has 0 bridgehead atoms. The molecule has 158 valence electrons. The first-order chi connectivity index (χ1) is 14.6. The summed E-state index contributed by atoms with van der Waals surface area (Å²) in [6, 6.07) is 6.74. The molecule has 1 aromatic heterocycles. The fourth-order valence-electron chi connectivity index (χ4n) is 4.10. The summed E-state index contributed by atoms with van der Waals surface area (Å²) >= 11 is 7.36. The van der Waals surface area contributed by atoms with Crippen molar-refractivity contribution < 1.29 is 9.59 Å². The number of rotatable bonds is 6. The smallest absolute Gasteiger partial charge is 0.257 e. The van der Waals surface area contributed by atoms with E-state index in [4.69, 9.17) is 11.6 Å². The van der Waals surface area contributed by atoms with Crippen molar-refractivity contribution in [2.24, 2.45) is 0 Å². The van der Waals surface area contributed by atoms with Gasteiger partial charge in [0.1, 0.15) is 0 Å². The quantitative estimate of drug-likeness (QED) is 0.581. The molecule has 0 saturated heterocycles. The molecule has 2 amide bonds. The van der Waals surface area contributed by atoms with Crippen LogP contribution in [0.1, 0.15) is 71.8 Å². The molecule has 1 aromatic carbocycles. The summed E-state index contributed by atoms with van der Waals surface area (Å²) in [7, 11) is 0. The van der Waals surface area contributed by atoms with Crippen molar-refractivity contribution in [2.45, 2.75) is 57.3 Å². The molecule has 2 aliphatic rings. The number of carbonyl (C=O) groups is 2. The van der Waals surface area contributed by atoms with E-state index in [0.717, 1.165) is 42.7 Å². The third kappa shape index (κ3) is 5.10. The zero-order chi connectivity index (χ0) is 20.9. The van der Waals surface area contributed by atoms with Crippen molar-refractivity contribution in [2.75, 3.05) is 11.9 Å². The highest BCUT2D eigenvalue weighted by atomic mass is 35.5. The number of benzene rings is 1. The Labute approximate surface area is 185 Å². The van der Waals surface area contributed by atoms with Crippen molar-refractivity contribution in [3.8, 4) is 0 Å². The molecular formula is C23H26ClN3O2S. The van der Waals surface area contributed by atoms with Crippen LogP contribution in [0.25, 0.3) is 0 Å². The molecule has 0 spiro atoms. The zero-order valence-corrected chi connectivity index (χ0v) is 18.5. The molecule has 2 aliphatic carbocycles. The van der Waals surface area contributed by atoms with Gasteiger partial charge in [0.2, 0.25) is 5.91 Å². The molecule has 1 heterocycles. The van der Waals surface area contributed by atoms with E-state index in [1.165, 1.54) is 36.2 Å². The highest BCUT2D eigenvalue weighted by Crippen LogP contribution is 2.37. The first-order valence-corrected chi connectivity index (χ1v) is 11.8. The number of hydrogen-bond acceptors (Lipinski definition) is 4. The predicted octanol–water partition coefficient (Wildman–Crippen LogP) is 5.48. The molecule has 4 rings (SSSR count). The summed E-state index contributed by atoms with van der Waals surface area (Å²) in [4.78, 5) is 31.0. The van der Waals surface area contributed by atoms with Gasteiger partial charge in [0.25, 0.3) is 5.91 Å². The van der Waals surface area contributed by atoms with E-state index >= 15 is 0 Å². The normalized spacial score (nSPS) is 18.3. The Morgan fingerprint density at radius 1 is 1.13 bits per heavy atom. The van der Waals surface area contributed by atoms with Gasteiger partial charge in [0.15, 0.2) is 5.13 Å². The first-order valence-electron chi connectivity index (χ1n) is 10.6. The maximum atomic E-state index is 12.8. The van der Waals surface area contributed by atoms with Crippen LogP contribution in [0.15, 0.2) is 35.9 Å². The molecule has 1 atom stereocenters. The van der Waals surface area contributed by atoms with Crippen LogP contribution in [-0.4, -0.2) is 23.3 Å². The van der Waals surface area contributed by atoms with Crippen LogP contribution in [0.3, 0.4) is 0 Å². The van der Waals surface area contributed by atoms with Gasteiger partial charge >= 0.3 is 0 Å². The first kappa shape index (κ1) is 21.1. The fraction of sp³-hybridized carbons (Fsp3) is 0.435. The minimum atomic E-state index is -0.230. The topological polar surface area (TPSA) is 71.1 Å². The Morgan fingerprint density at radius 2 is 1.97 bits per heavy atom. The molecule has 1 unspecified atom stereocenters. The van der Waals surface area contributed by atoms with E-state index in [0.29, 0.717) is 22.3 Å². The highest BCUT2D eigenvalue weighted by molar-refractivity contribution is 7.16. The van der Waals surface area contributed by atoms with Crippen LogP contribution in [-0.2, 0) is 11.2 Å². The van der Waals surface area contributed by atoms with Gasteiger partial charge < -0.3 is 5.32 Å². The van der Waals surface area contributed by atoms with E-state index in [2.05, 4.69) is 21.7 Å². The van der Waals surface area contributed by atoms with Gasteiger partial charge in [-0.1, -0.05) is 23.3 Å². The second kappa shape index (κ2) is 9.75. The van der Waals surface area contributed by atoms with Gasteiger partial charge in [0.05, 0.1) is 11.6 Å². The molecule has 0 saturated carbocycles. The summed E-state index contributed by atoms with van der Waals surface area (Å²) in [5, 5.41) is 7.11. The fourth-order valence-corrected chi connectivity index (χ4v) is 5.28. The van der Waals surface area contributed by atoms with Crippen molar-refractivity contribution in [3.05, 3.63) is 57.1 Å². The molecule has 30 heavy (non-hydrogen) atoms. The van der Waals surface area contributed by atoms with Crippen LogP contribution in [0.4, 0.5) is 5.13 Å². The summed E-state index contributed by atoms with van der Waals surface area (Å²) in [5.74, 6) is -0.403. The Hall–Kier alpha value is -2.18. The standard InChI is InChI=1S/C23H26ClN3O2S/c24-17-11-9-16(10-12-17)21(28)27-23-26-20-18(7-4-8-19(20)30-23)22(29)25-14-13-15-5-2-1-3-6-15/h5,9-12,18H,1-4,6-8,13-14H2,(H,25,29)(H,26,27,28). The number of aryl methyl sites for hydroxylation is 1. The lowest BCUT2D eigenvalue weighted by molar-refractivity contribution is -0.122. The van der Waals surface area contributed by atoms with E-state index in [1.54, 1.807) is 24.3 Å². The highest BCUT2D eigenvalue weighted by Gasteiger charge is 2.30. The number of amides is 2. The van der Waals surface area contributed by atoms with Crippen molar-refractivity contribution >= 4 is 39.9 Å². The number of nitrogens with one attached hydrogen (secondary N) is 2. The number of hydrogen-bond donors (Lipinski definition) is 2. The molecule has 0 radical (unpaired) electrons. The Balaban J connectivity index is 1.38. The minimum Gasteiger partial charge on any atom is -0.355 e. The number of halogens is 1. The van der Waals surface area contributed by atoms with E-state index in [-0.39, 0.29) is 17.7 Å². The zero-order valence-electron chi connectivity index (χ0n) is 16.9. The molecule has 5 nitrogen and oxygen atoms in total. The molecular weight excluding hydrogens is 418 g/mol. The number of anilines is 1. The molecule has 0 fully saturated rings. The molecule has 2 aromatic rings. The van der Waals surface area contributed by atoms with E-state index in [1.807, 2.05) is 0 Å². The van der Waals surface area contributed by atoms with E-state index in [9.17, 15) is 9.59 Å². The van der Waals surface area contributed by atoms with Gasteiger partial charge in [-0.05, 0) is 75.6 Å². The van der Waals surface area contributed by atoms with Crippen molar-refractivity contribution in [1.82, 2.24) is 10.3 Å². The number of aromatic nitrogens is 1. The second-order valence-corrected chi connectivity index (χ2v) is 9.40. The van der Waals surface area contributed by atoms with Crippen LogP contribution in [0.2, 0.25) is 5.02 Å². The van der Waals surface area contributed by atoms with E-state index < -0.39 is 0 Å². The number of nitrogens with zero attached hydrogens (tertiary/aromatic N) is 1. The van der Waals surface area contributed by atoms with Gasteiger partial charge in [-0.25, -0.2) is 4.98 Å². The van der Waals surface area contributed by atoms with Gasteiger partial charge in [-0.2, -0.15) is 0 Å². The summed E-state index contributed by atoms with van der Waals surface area (Å²) in [5.41, 5.74) is 2.82. The number of fused-ring (bicyclic) bond motifs is 1. The molecule has 2 N–H and O–H groups in total. The summed E-state index contributed by atoms with van der Waals surface area (Å²) in [6.45, 7) is 0.681. The summed E-state index contributed by atoms with van der Waals surface area (Å²) in [6.07, 6.45) is 10.8. The van der Waals surface area contributed by atoms with Gasteiger partial charge in [0, 0.05) is 22.0 Å². The van der Waals surface area contributed by atoms with Crippen molar-refractivity contribution in [3.63, 3.8) is 0 Å². The SMILES string of the molecule is O=C(Nc1nc2c(s1)CCCC2C(=O)NCCC1=CCCCC1)c1ccc(Cl)cc1. The Kier molecular flexibility index (Phi) is 6.85. The molecule has 7 heteroatoms. The maximum Gasteiger partial charge on any atom is 0.257 e. The van der Waals surface area contributed by atoms with Gasteiger partial charge in [-0.3, -0.25) is 14.9 Å². The van der Waals surface area contributed by atoms with Crippen LogP contribution in [0, 0.1) is 0 Å². The minimum absolute atomic E-state index is 0.0493. The van der Waals surface area contributed by atoms with Crippen LogP contribution >= 0.6 is 22.9 Å². The van der Waals surface area contributed by atoms with Crippen molar-refractivity contribution in [1.29, 1.82) is 0 Å². The summed E-state index contributed by atoms with van der Waals surface area (Å²) < 4.78 is 0. The average molecular weight is 444 g/mol. The average Bonchev–Trinajstić information content (AvgIpc) is 3.17. The second-order valence-electron chi connectivity index (χ2n) is 7.88. The third-order valence-electron chi connectivity index (χ3n) is 5.73. The third-order valence-corrected chi connectivity index (χ3v) is 7.03. The van der Waals surface area contributed by atoms with Crippen LogP contribution in [0.5, 0.6) is 0 Å². The number of carbonyl (C=O) groups excluding carboxylic acids is 2. The monoisotopic (exact) mass is 443 g/mol. The number of thiazole rings is 1. The Bertz CT molecular complexity index is 952. The number of allylic oxidation sites excluding steroid dienone is 1. The predicted molar refractivity (Wildman–Crippen MR) is 121 cm³/mol. The lowest BCUT2D eigenvalue weighted by Gasteiger charge is -2.21. The van der Waals surface area contributed by atoms with Gasteiger partial charge in [-0.15, -0.1) is 11.3 Å². The maximum absolute atomic E-state index is 12.8. The largest absolute Gasteiger partial charge is 0.355 e. The Morgan fingerprint density at radius 3 is 2.73 bits per heavy atom. The lowest BCUT2D eigenvalue weighted by Crippen LogP contribution is -2.32. The lowest BCUT2D eigenvalue weighted by atomic mass is 9.90. The van der Waals surface area contributed by atoms with Crippen LogP contribution < -0.4 is 10.6 Å².